The summed E-state index contributed by atoms with van der Waals surface area (Å²) in [4.78, 5) is 23.4. The number of aliphatic carboxylic acids is 1. The SMILES string of the molecule is CC(C)CC(NC(=O)C1CC1c1ccc(Br)cc1)C(=O)O. The largest absolute Gasteiger partial charge is 0.480 e. The lowest BCUT2D eigenvalue weighted by Crippen LogP contribution is -2.42. The molecule has 0 spiro atoms. The van der Waals surface area contributed by atoms with E-state index in [0.29, 0.717) is 6.42 Å². The molecule has 0 heterocycles. The third-order valence-corrected chi connectivity index (χ3v) is 4.28. The fourth-order valence-corrected chi connectivity index (χ4v) is 2.80. The van der Waals surface area contributed by atoms with Crippen LogP contribution in [-0.2, 0) is 9.59 Å². The third-order valence-electron chi connectivity index (χ3n) is 3.75. The van der Waals surface area contributed by atoms with Crippen molar-refractivity contribution in [1.82, 2.24) is 5.32 Å². The zero-order valence-electron chi connectivity index (χ0n) is 12.2. The Bertz CT molecular complexity index is 527. The summed E-state index contributed by atoms with van der Waals surface area (Å²) in [6, 6.07) is 7.14. The molecular formula is C16H20BrNO3. The van der Waals surface area contributed by atoms with E-state index < -0.39 is 12.0 Å². The van der Waals surface area contributed by atoms with Gasteiger partial charge in [0.25, 0.3) is 0 Å². The summed E-state index contributed by atoms with van der Waals surface area (Å²) in [5, 5.41) is 11.8. The van der Waals surface area contributed by atoms with Gasteiger partial charge in [-0.25, -0.2) is 4.79 Å². The van der Waals surface area contributed by atoms with Crippen LogP contribution >= 0.6 is 15.9 Å². The highest BCUT2D eigenvalue weighted by Crippen LogP contribution is 2.47. The minimum absolute atomic E-state index is 0.0970. The predicted octanol–water partition coefficient (Wildman–Crippen LogP) is 3.17. The van der Waals surface area contributed by atoms with Gasteiger partial charge in [0.2, 0.25) is 5.91 Å². The van der Waals surface area contributed by atoms with Crippen molar-refractivity contribution >= 4 is 27.8 Å². The summed E-state index contributed by atoms with van der Waals surface area (Å²) in [6.07, 6.45) is 1.25. The maximum atomic E-state index is 12.2. The molecule has 1 amide bonds. The van der Waals surface area contributed by atoms with E-state index in [2.05, 4.69) is 21.2 Å². The van der Waals surface area contributed by atoms with Crippen LogP contribution in [0.2, 0.25) is 0 Å². The summed E-state index contributed by atoms with van der Waals surface area (Å²) in [5.41, 5.74) is 1.13. The molecule has 0 aliphatic heterocycles. The number of amides is 1. The zero-order chi connectivity index (χ0) is 15.6. The van der Waals surface area contributed by atoms with Gasteiger partial charge in [-0.2, -0.15) is 0 Å². The van der Waals surface area contributed by atoms with Crippen LogP contribution in [0, 0.1) is 11.8 Å². The van der Waals surface area contributed by atoms with E-state index in [1.165, 1.54) is 0 Å². The number of nitrogens with one attached hydrogen (secondary N) is 1. The number of carboxylic acids is 1. The molecule has 1 saturated carbocycles. The van der Waals surface area contributed by atoms with E-state index in [-0.39, 0.29) is 23.7 Å². The molecule has 4 nitrogen and oxygen atoms in total. The summed E-state index contributed by atoms with van der Waals surface area (Å²) in [6.45, 7) is 3.90. The summed E-state index contributed by atoms with van der Waals surface area (Å²) < 4.78 is 1.01. The third kappa shape index (κ3) is 4.30. The van der Waals surface area contributed by atoms with Gasteiger partial charge in [-0.15, -0.1) is 0 Å². The van der Waals surface area contributed by atoms with Crippen LogP contribution in [0.25, 0.3) is 0 Å². The van der Waals surface area contributed by atoms with Gasteiger partial charge in [-0.1, -0.05) is 41.9 Å². The van der Waals surface area contributed by atoms with Crippen LogP contribution in [0.5, 0.6) is 0 Å². The van der Waals surface area contributed by atoms with Crippen molar-refractivity contribution in [3.05, 3.63) is 34.3 Å². The number of carbonyl (C=O) groups is 2. The molecule has 0 bridgehead atoms. The van der Waals surface area contributed by atoms with Gasteiger partial charge >= 0.3 is 5.97 Å². The number of rotatable bonds is 6. The Morgan fingerprint density at radius 1 is 1.33 bits per heavy atom. The monoisotopic (exact) mass is 353 g/mol. The highest BCUT2D eigenvalue weighted by Gasteiger charge is 2.44. The quantitative estimate of drug-likeness (QED) is 0.825. The molecule has 2 rings (SSSR count). The second kappa shape index (κ2) is 6.60. The van der Waals surface area contributed by atoms with Gasteiger partial charge in [-0.3, -0.25) is 4.79 Å². The number of halogens is 1. The van der Waals surface area contributed by atoms with Crippen LogP contribution in [0.4, 0.5) is 0 Å². The molecule has 0 saturated heterocycles. The van der Waals surface area contributed by atoms with Gasteiger partial charge in [0.1, 0.15) is 6.04 Å². The molecule has 21 heavy (non-hydrogen) atoms. The average Bonchev–Trinajstić information content (AvgIpc) is 3.18. The van der Waals surface area contributed by atoms with Crippen molar-refractivity contribution < 1.29 is 14.7 Å². The van der Waals surface area contributed by atoms with Crippen molar-refractivity contribution in [3.63, 3.8) is 0 Å². The Morgan fingerprint density at radius 2 is 1.95 bits per heavy atom. The van der Waals surface area contributed by atoms with Gasteiger partial charge in [0.05, 0.1) is 0 Å². The van der Waals surface area contributed by atoms with Crippen LogP contribution in [0.3, 0.4) is 0 Å². The number of carboxylic acid groups (broad SMARTS) is 1. The normalized spacial score (nSPS) is 21.9. The Hall–Kier alpha value is -1.36. The van der Waals surface area contributed by atoms with Crippen LogP contribution in [-0.4, -0.2) is 23.0 Å². The Kier molecular flexibility index (Phi) is 5.04. The molecule has 1 aromatic rings. The molecule has 0 radical (unpaired) electrons. The first-order valence-electron chi connectivity index (χ1n) is 7.17. The molecule has 3 atom stereocenters. The molecule has 0 aromatic heterocycles. The highest BCUT2D eigenvalue weighted by molar-refractivity contribution is 9.10. The number of hydrogen-bond donors (Lipinski definition) is 2. The summed E-state index contributed by atoms with van der Waals surface area (Å²) >= 11 is 3.39. The van der Waals surface area contributed by atoms with Crippen molar-refractivity contribution in [2.75, 3.05) is 0 Å². The lowest BCUT2D eigenvalue weighted by molar-refractivity contribution is -0.142. The van der Waals surface area contributed by atoms with Crippen LogP contribution in [0.1, 0.15) is 38.2 Å². The van der Waals surface area contributed by atoms with E-state index >= 15 is 0 Å². The van der Waals surface area contributed by atoms with E-state index in [1.807, 2.05) is 38.1 Å². The first-order valence-corrected chi connectivity index (χ1v) is 7.96. The van der Waals surface area contributed by atoms with E-state index in [0.717, 1.165) is 16.5 Å². The molecule has 114 valence electrons. The van der Waals surface area contributed by atoms with E-state index in [9.17, 15) is 9.59 Å². The van der Waals surface area contributed by atoms with E-state index in [4.69, 9.17) is 5.11 Å². The van der Waals surface area contributed by atoms with Gasteiger partial charge < -0.3 is 10.4 Å². The van der Waals surface area contributed by atoms with Crippen LogP contribution < -0.4 is 5.32 Å². The number of carbonyl (C=O) groups excluding carboxylic acids is 1. The lowest BCUT2D eigenvalue weighted by atomic mass is 10.0. The van der Waals surface area contributed by atoms with Gasteiger partial charge in [0, 0.05) is 10.4 Å². The van der Waals surface area contributed by atoms with Crippen molar-refractivity contribution in [2.45, 2.75) is 38.6 Å². The zero-order valence-corrected chi connectivity index (χ0v) is 13.8. The van der Waals surface area contributed by atoms with Crippen LogP contribution in [0.15, 0.2) is 28.7 Å². The molecule has 1 aliphatic carbocycles. The smallest absolute Gasteiger partial charge is 0.326 e. The molecule has 5 heteroatoms. The van der Waals surface area contributed by atoms with Crippen molar-refractivity contribution in [3.8, 4) is 0 Å². The molecule has 1 aromatic carbocycles. The first-order chi connectivity index (χ1) is 9.88. The molecule has 3 unspecified atom stereocenters. The highest BCUT2D eigenvalue weighted by atomic mass is 79.9. The minimum Gasteiger partial charge on any atom is -0.480 e. The van der Waals surface area contributed by atoms with Crippen molar-refractivity contribution in [2.24, 2.45) is 11.8 Å². The fourth-order valence-electron chi connectivity index (χ4n) is 2.53. The summed E-state index contributed by atoms with van der Waals surface area (Å²) in [7, 11) is 0. The molecular weight excluding hydrogens is 334 g/mol. The molecule has 1 fully saturated rings. The lowest BCUT2D eigenvalue weighted by Gasteiger charge is -2.16. The molecule has 2 N–H and O–H groups in total. The Morgan fingerprint density at radius 3 is 2.48 bits per heavy atom. The maximum absolute atomic E-state index is 12.2. The second-order valence-electron chi connectivity index (χ2n) is 6.03. The molecule has 1 aliphatic rings. The average molecular weight is 354 g/mol. The Balaban J connectivity index is 1.93. The van der Waals surface area contributed by atoms with E-state index in [1.54, 1.807) is 0 Å². The first kappa shape index (κ1) is 16.0. The minimum atomic E-state index is -0.960. The van der Waals surface area contributed by atoms with Crippen molar-refractivity contribution in [1.29, 1.82) is 0 Å². The van der Waals surface area contributed by atoms with Gasteiger partial charge in [0.15, 0.2) is 0 Å². The topological polar surface area (TPSA) is 66.4 Å². The number of hydrogen-bond acceptors (Lipinski definition) is 2. The second-order valence-corrected chi connectivity index (χ2v) is 6.94. The summed E-state index contributed by atoms with van der Waals surface area (Å²) in [5.74, 6) is -0.756. The predicted molar refractivity (Wildman–Crippen MR) is 84.0 cm³/mol. The maximum Gasteiger partial charge on any atom is 0.326 e. The standard InChI is InChI=1S/C16H20BrNO3/c1-9(2)7-14(16(20)21)18-15(19)13-8-12(13)10-3-5-11(17)6-4-10/h3-6,9,12-14H,7-8H2,1-2H3,(H,18,19)(H,20,21). The Labute approximate surface area is 133 Å². The number of benzene rings is 1. The fraction of sp³-hybridized carbons (Fsp3) is 0.500. The van der Waals surface area contributed by atoms with Gasteiger partial charge in [-0.05, 0) is 42.4 Å².